The van der Waals surface area contributed by atoms with Gasteiger partial charge in [-0.25, -0.2) is 18.2 Å². The second-order valence-corrected chi connectivity index (χ2v) is 8.76. The van der Waals surface area contributed by atoms with E-state index in [4.69, 9.17) is 4.74 Å². The lowest BCUT2D eigenvalue weighted by atomic mass is 9.92. The van der Waals surface area contributed by atoms with Crippen LogP contribution >= 0.6 is 0 Å². The Morgan fingerprint density at radius 2 is 1.89 bits per heavy atom. The van der Waals surface area contributed by atoms with Crippen LogP contribution in [0.1, 0.15) is 29.8 Å². The van der Waals surface area contributed by atoms with Crippen LogP contribution in [0, 0.1) is 12.7 Å². The minimum absolute atomic E-state index is 0.379. The summed E-state index contributed by atoms with van der Waals surface area (Å²) in [4.78, 5) is 5.80. The molecule has 1 aliphatic rings. The highest BCUT2D eigenvalue weighted by molar-refractivity contribution is 5.75. The van der Waals surface area contributed by atoms with Crippen LogP contribution in [-0.2, 0) is 6.42 Å². The Bertz CT molecular complexity index is 1370. The third kappa shape index (κ3) is 4.34. The molecular weight excluding hydrogens is 455 g/mol. The highest BCUT2D eigenvalue weighted by Gasteiger charge is 2.42. The number of ether oxygens (including phenoxy) is 1. The summed E-state index contributed by atoms with van der Waals surface area (Å²) in [5.74, 6) is -2.38. The lowest BCUT2D eigenvalue weighted by Crippen LogP contribution is -2.45. The lowest BCUT2D eigenvalue weighted by Gasteiger charge is -2.39. The van der Waals surface area contributed by atoms with Crippen LogP contribution in [0.3, 0.4) is 0 Å². The molecule has 0 radical (unpaired) electrons. The van der Waals surface area contributed by atoms with Crippen molar-refractivity contribution in [3.05, 3.63) is 83.8 Å². The number of anilines is 1. The van der Waals surface area contributed by atoms with Crippen molar-refractivity contribution >= 4 is 5.82 Å². The number of fused-ring (bicyclic) bond motifs is 1. The molecule has 0 amide bonds. The molecule has 6 nitrogen and oxygen atoms in total. The van der Waals surface area contributed by atoms with Gasteiger partial charge in [-0.1, -0.05) is 18.2 Å². The van der Waals surface area contributed by atoms with E-state index in [2.05, 4.69) is 15.2 Å². The number of methoxy groups -OCH3 is 1. The zero-order chi connectivity index (χ0) is 24.7. The number of halogens is 3. The van der Waals surface area contributed by atoms with Crippen molar-refractivity contribution < 1.29 is 17.9 Å². The molecule has 5 rings (SSSR count). The third-order valence-corrected chi connectivity index (χ3v) is 6.34. The average molecular weight is 480 g/mol. The summed E-state index contributed by atoms with van der Waals surface area (Å²) >= 11 is 0. The average Bonchev–Trinajstić information content (AvgIpc) is 3.28. The van der Waals surface area contributed by atoms with Crippen molar-refractivity contribution in [2.24, 2.45) is 0 Å². The summed E-state index contributed by atoms with van der Waals surface area (Å²) in [6, 6.07) is 10.9. The van der Waals surface area contributed by atoms with Crippen molar-refractivity contribution in [2.75, 3.05) is 18.6 Å². The van der Waals surface area contributed by atoms with Crippen molar-refractivity contribution in [3.8, 4) is 22.6 Å². The molecule has 180 valence electrons. The standard InChI is InChI=1S/C26H24F3N5O/c1-16-13-33(15-30-16)23-9-6-19(10-24(23)35-3)22-12-31-32-25-21(22)11-26(28,29)14-34(25)17(2)18-4-7-20(27)8-5-18/h4-10,12-13,15,17H,11,14H2,1-3H3. The monoisotopic (exact) mass is 479 g/mol. The zero-order valence-corrected chi connectivity index (χ0v) is 19.5. The van der Waals surface area contributed by atoms with Gasteiger partial charge in [0, 0.05) is 23.7 Å². The zero-order valence-electron chi connectivity index (χ0n) is 19.5. The third-order valence-electron chi connectivity index (χ3n) is 6.34. The summed E-state index contributed by atoms with van der Waals surface area (Å²) in [6.45, 7) is 3.20. The molecule has 0 N–H and O–H groups in total. The summed E-state index contributed by atoms with van der Waals surface area (Å²) in [5.41, 5.74) is 4.03. The van der Waals surface area contributed by atoms with E-state index in [1.807, 2.05) is 35.9 Å². The van der Waals surface area contributed by atoms with Crippen molar-refractivity contribution in [3.63, 3.8) is 0 Å². The van der Waals surface area contributed by atoms with Crippen LogP contribution in [0.15, 0.2) is 61.2 Å². The molecule has 4 aromatic rings. The molecule has 0 bridgehead atoms. The summed E-state index contributed by atoms with van der Waals surface area (Å²) in [7, 11) is 1.56. The second-order valence-electron chi connectivity index (χ2n) is 8.76. The number of hydrogen-bond acceptors (Lipinski definition) is 5. The molecule has 2 aromatic carbocycles. The van der Waals surface area contributed by atoms with Gasteiger partial charge in [-0.05, 0) is 49.2 Å². The molecule has 0 spiro atoms. The van der Waals surface area contributed by atoms with Gasteiger partial charge < -0.3 is 14.2 Å². The Balaban J connectivity index is 1.59. The summed E-state index contributed by atoms with van der Waals surface area (Å²) in [6.07, 6.45) is 4.63. The van der Waals surface area contributed by atoms with E-state index in [0.717, 1.165) is 11.4 Å². The molecule has 1 aliphatic heterocycles. The summed E-state index contributed by atoms with van der Waals surface area (Å²) < 4.78 is 50.9. The first kappa shape index (κ1) is 22.9. The highest BCUT2D eigenvalue weighted by Crippen LogP contribution is 2.42. The number of benzene rings is 2. The Kier molecular flexibility index (Phi) is 5.70. The first-order chi connectivity index (χ1) is 16.8. The van der Waals surface area contributed by atoms with E-state index in [0.29, 0.717) is 33.8 Å². The minimum atomic E-state index is -2.97. The molecule has 1 unspecified atom stereocenters. The Labute approximate surface area is 201 Å². The van der Waals surface area contributed by atoms with Crippen LogP contribution in [0.2, 0.25) is 0 Å². The fraction of sp³-hybridized carbons (Fsp3) is 0.269. The molecule has 0 fully saturated rings. The Morgan fingerprint density at radius 1 is 1.11 bits per heavy atom. The maximum Gasteiger partial charge on any atom is 0.269 e. The van der Waals surface area contributed by atoms with Gasteiger partial charge in [0.25, 0.3) is 5.92 Å². The molecule has 0 aliphatic carbocycles. The maximum atomic E-state index is 15.0. The van der Waals surface area contributed by atoms with E-state index < -0.39 is 24.9 Å². The van der Waals surface area contributed by atoms with Crippen LogP contribution in [0.4, 0.5) is 19.0 Å². The van der Waals surface area contributed by atoms with Gasteiger partial charge in [0.05, 0.1) is 43.6 Å². The van der Waals surface area contributed by atoms with Gasteiger partial charge in [-0.15, -0.1) is 5.10 Å². The molecule has 9 heteroatoms. The Hall–Kier alpha value is -3.88. The first-order valence-electron chi connectivity index (χ1n) is 11.2. The number of rotatable bonds is 5. The number of alkyl halides is 2. The van der Waals surface area contributed by atoms with Crippen LogP contribution in [0.25, 0.3) is 16.8 Å². The minimum Gasteiger partial charge on any atom is -0.495 e. The second kappa shape index (κ2) is 8.72. The predicted molar refractivity (Wildman–Crippen MR) is 127 cm³/mol. The van der Waals surface area contributed by atoms with Gasteiger partial charge in [0.1, 0.15) is 11.6 Å². The van der Waals surface area contributed by atoms with Crippen LogP contribution in [-0.4, -0.2) is 39.3 Å². The number of aromatic nitrogens is 4. The van der Waals surface area contributed by atoms with Gasteiger partial charge in [0.2, 0.25) is 0 Å². The van der Waals surface area contributed by atoms with Crippen molar-refractivity contribution in [1.82, 2.24) is 19.7 Å². The maximum absolute atomic E-state index is 15.0. The van der Waals surface area contributed by atoms with Gasteiger partial charge in [-0.2, -0.15) is 5.10 Å². The van der Waals surface area contributed by atoms with E-state index in [9.17, 15) is 4.39 Å². The topological polar surface area (TPSA) is 56.1 Å². The molecule has 3 heterocycles. The predicted octanol–water partition coefficient (Wildman–Crippen LogP) is 5.54. The quantitative estimate of drug-likeness (QED) is 0.376. The van der Waals surface area contributed by atoms with E-state index in [-0.39, 0.29) is 5.82 Å². The van der Waals surface area contributed by atoms with Crippen LogP contribution < -0.4 is 9.64 Å². The number of hydrogen-bond donors (Lipinski definition) is 0. The Morgan fingerprint density at radius 3 is 2.57 bits per heavy atom. The molecule has 0 saturated heterocycles. The normalized spacial score (nSPS) is 15.5. The van der Waals surface area contributed by atoms with Crippen molar-refractivity contribution in [2.45, 2.75) is 32.2 Å². The van der Waals surface area contributed by atoms with Gasteiger partial charge in [-0.3, -0.25) is 0 Å². The van der Waals surface area contributed by atoms with E-state index in [1.54, 1.807) is 37.4 Å². The largest absolute Gasteiger partial charge is 0.495 e. The molecule has 35 heavy (non-hydrogen) atoms. The van der Waals surface area contributed by atoms with Crippen molar-refractivity contribution in [1.29, 1.82) is 0 Å². The SMILES string of the molecule is COc1cc(-c2cnnc3c2CC(F)(F)CN3C(C)c2ccc(F)cc2)ccc1-n1cnc(C)c1. The number of aryl methyl sites for hydroxylation is 1. The van der Waals surface area contributed by atoms with Gasteiger partial charge in [0.15, 0.2) is 5.82 Å². The van der Waals surface area contributed by atoms with Gasteiger partial charge >= 0.3 is 0 Å². The smallest absolute Gasteiger partial charge is 0.269 e. The van der Waals surface area contributed by atoms with Crippen LogP contribution in [0.5, 0.6) is 5.75 Å². The first-order valence-corrected chi connectivity index (χ1v) is 11.2. The molecule has 1 atom stereocenters. The molecule has 2 aromatic heterocycles. The number of imidazole rings is 1. The fourth-order valence-electron chi connectivity index (χ4n) is 4.55. The highest BCUT2D eigenvalue weighted by atomic mass is 19.3. The van der Waals surface area contributed by atoms with E-state index in [1.165, 1.54) is 18.3 Å². The lowest BCUT2D eigenvalue weighted by molar-refractivity contribution is 0.00324. The number of nitrogens with zero attached hydrogens (tertiary/aromatic N) is 5. The van der Waals surface area contributed by atoms with E-state index >= 15 is 8.78 Å². The molecule has 0 saturated carbocycles. The summed E-state index contributed by atoms with van der Waals surface area (Å²) in [5, 5.41) is 8.40. The molecular formula is C26H24F3N5O. The fourth-order valence-corrected chi connectivity index (χ4v) is 4.55.